The predicted octanol–water partition coefficient (Wildman–Crippen LogP) is 3.25. The summed E-state index contributed by atoms with van der Waals surface area (Å²) in [7, 11) is -4.49. The van der Waals surface area contributed by atoms with Gasteiger partial charge in [0.25, 0.3) is 0 Å². The number of nitriles is 1. The minimum Gasteiger partial charge on any atom is -0.465 e. The third-order valence-electron chi connectivity index (χ3n) is 6.66. The number of para-hydroxylation sites is 1. The average molecular weight is 644 g/mol. The van der Waals surface area contributed by atoms with Gasteiger partial charge in [0.15, 0.2) is 12.2 Å². The first-order chi connectivity index (χ1) is 21.4. The Morgan fingerprint density at radius 3 is 2.51 bits per heavy atom. The molecule has 1 aliphatic rings. The maximum absolute atomic E-state index is 14.1. The lowest BCUT2D eigenvalue weighted by Gasteiger charge is -2.30. The van der Waals surface area contributed by atoms with Gasteiger partial charge in [-0.25, -0.2) is 9.08 Å². The molecule has 1 aromatic carbocycles. The normalized spacial score (nSPS) is 23.0. The van der Waals surface area contributed by atoms with Gasteiger partial charge in [0, 0.05) is 20.0 Å². The highest BCUT2D eigenvalue weighted by atomic mass is 31.2. The second kappa shape index (κ2) is 14.1. The first-order valence-electron chi connectivity index (χ1n) is 14.0. The number of fused-ring (bicyclic) bond motifs is 1. The summed E-state index contributed by atoms with van der Waals surface area (Å²) >= 11 is 0. The van der Waals surface area contributed by atoms with E-state index in [9.17, 15) is 24.2 Å². The summed E-state index contributed by atoms with van der Waals surface area (Å²) in [6.07, 6.45) is -2.17. The van der Waals surface area contributed by atoms with Gasteiger partial charge in [0.05, 0.1) is 23.5 Å². The van der Waals surface area contributed by atoms with Gasteiger partial charge >= 0.3 is 25.7 Å². The van der Waals surface area contributed by atoms with Crippen molar-refractivity contribution in [2.75, 3.05) is 18.9 Å². The Kier molecular flexibility index (Phi) is 10.5. The van der Waals surface area contributed by atoms with Crippen LogP contribution in [0.5, 0.6) is 5.75 Å². The average Bonchev–Trinajstić information content (AvgIpc) is 3.55. The highest BCUT2D eigenvalue weighted by Crippen LogP contribution is 2.49. The van der Waals surface area contributed by atoms with Gasteiger partial charge in [-0.05, 0) is 43.7 Å². The van der Waals surface area contributed by atoms with E-state index in [1.807, 2.05) is 13.0 Å². The zero-order chi connectivity index (χ0) is 32.8. The number of rotatable bonds is 13. The third kappa shape index (κ3) is 7.61. The van der Waals surface area contributed by atoms with Crippen molar-refractivity contribution in [3.63, 3.8) is 0 Å². The Balaban J connectivity index is 1.73. The molecule has 0 amide bonds. The molecular formula is C29H34N5O10P. The molecule has 0 saturated carbocycles. The molecule has 3 aromatic rings. The van der Waals surface area contributed by atoms with E-state index in [-0.39, 0.29) is 12.4 Å². The standard InChI is InChI=1S/C29H34N5O10P/c1-5-15-39-28(37)18(2)33-45(38,44-21-9-7-6-8-10-21)40-17-29(16-30)27(42-20(4)36)26(41-19(3)35)25(43-29)24-12-11-23-22(31)13-14-32-34(23)24/h6-14,18,25-27H,5,15,17,31H2,1-4H3,(H,33,38)/t18-,25-,26-,27-,29+,45-/m0/s1. The van der Waals surface area contributed by atoms with Crippen molar-refractivity contribution in [2.24, 2.45) is 0 Å². The van der Waals surface area contributed by atoms with Crippen molar-refractivity contribution in [2.45, 2.75) is 64.1 Å². The lowest BCUT2D eigenvalue weighted by atomic mass is 9.95. The van der Waals surface area contributed by atoms with Gasteiger partial charge in [0.2, 0.25) is 5.60 Å². The molecular weight excluding hydrogens is 609 g/mol. The molecule has 0 spiro atoms. The van der Waals surface area contributed by atoms with Crippen LogP contribution in [0.2, 0.25) is 0 Å². The van der Waals surface area contributed by atoms with Gasteiger partial charge in [0.1, 0.15) is 30.6 Å². The number of carbonyl (C=O) groups is 3. The quantitative estimate of drug-likeness (QED) is 0.156. The van der Waals surface area contributed by atoms with E-state index >= 15 is 0 Å². The molecule has 240 valence electrons. The van der Waals surface area contributed by atoms with Crippen LogP contribution in [0.3, 0.4) is 0 Å². The Morgan fingerprint density at radius 2 is 1.87 bits per heavy atom. The second-order valence-corrected chi connectivity index (χ2v) is 11.9. The molecule has 6 atom stereocenters. The van der Waals surface area contributed by atoms with E-state index in [1.165, 1.54) is 29.8 Å². The molecule has 16 heteroatoms. The fourth-order valence-electron chi connectivity index (χ4n) is 4.69. The Morgan fingerprint density at radius 1 is 1.16 bits per heavy atom. The van der Waals surface area contributed by atoms with Crippen molar-refractivity contribution in [1.82, 2.24) is 14.7 Å². The summed E-state index contributed by atoms with van der Waals surface area (Å²) in [6.45, 7) is 4.77. The monoisotopic (exact) mass is 643 g/mol. The van der Waals surface area contributed by atoms with Gasteiger partial charge in [-0.2, -0.15) is 15.4 Å². The van der Waals surface area contributed by atoms with Gasteiger partial charge in [-0.3, -0.25) is 18.9 Å². The molecule has 0 unspecified atom stereocenters. The Hall–Kier alpha value is -4.48. The molecule has 3 heterocycles. The third-order valence-corrected chi connectivity index (χ3v) is 8.28. The number of carbonyl (C=O) groups excluding carboxylic acids is 3. The summed E-state index contributed by atoms with van der Waals surface area (Å²) in [6, 6.07) is 13.6. The SMILES string of the molecule is CCCOC(=O)[C@H](C)N[P@](=O)(OC[C@@]1(C#N)O[C@@H](c2ccc3c(N)ccnn23)[C@H](OC(C)=O)[C@@H]1OC(C)=O)Oc1ccccc1. The Labute approximate surface area is 259 Å². The van der Waals surface area contributed by atoms with Crippen LogP contribution in [-0.2, 0) is 42.4 Å². The van der Waals surface area contributed by atoms with Crippen LogP contribution in [0.15, 0.2) is 54.7 Å². The largest absolute Gasteiger partial charge is 0.465 e. The van der Waals surface area contributed by atoms with Gasteiger partial charge in [-0.1, -0.05) is 25.1 Å². The highest BCUT2D eigenvalue weighted by Gasteiger charge is 2.62. The maximum atomic E-state index is 14.1. The summed E-state index contributed by atoms with van der Waals surface area (Å²) < 4.78 is 49.5. The minimum absolute atomic E-state index is 0.122. The number of ether oxygens (including phenoxy) is 4. The van der Waals surface area contributed by atoms with Gasteiger partial charge < -0.3 is 29.2 Å². The van der Waals surface area contributed by atoms with E-state index in [0.29, 0.717) is 23.3 Å². The number of nitrogens with two attached hydrogens (primary N) is 1. The number of esters is 3. The van der Waals surface area contributed by atoms with Crippen LogP contribution in [0.4, 0.5) is 5.69 Å². The minimum atomic E-state index is -4.49. The molecule has 0 bridgehead atoms. The number of aromatic nitrogens is 2. The van der Waals surface area contributed by atoms with E-state index in [1.54, 1.807) is 36.4 Å². The molecule has 2 aromatic heterocycles. The zero-order valence-corrected chi connectivity index (χ0v) is 26.0. The number of nitrogen functional groups attached to an aromatic ring is 1. The lowest BCUT2D eigenvalue weighted by molar-refractivity contribution is -0.166. The Bertz CT molecular complexity index is 1630. The van der Waals surface area contributed by atoms with E-state index in [0.717, 1.165) is 13.8 Å². The van der Waals surface area contributed by atoms with Crippen molar-refractivity contribution in [3.05, 3.63) is 60.4 Å². The van der Waals surface area contributed by atoms with Crippen LogP contribution in [0, 0.1) is 11.3 Å². The molecule has 1 aliphatic heterocycles. The smallest absolute Gasteiger partial charge is 0.459 e. The zero-order valence-electron chi connectivity index (χ0n) is 25.1. The van der Waals surface area contributed by atoms with E-state index in [4.69, 9.17) is 33.7 Å². The highest BCUT2D eigenvalue weighted by molar-refractivity contribution is 7.52. The molecule has 3 N–H and O–H groups in total. The predicted molar refractivity (Wildman–Crippen MR) is 157 cm³/mol. The number of nitrogens with one attached hydrogen (secondary N) is 1. The van der Waals surface area contributed by atoms with Crippen molar-refractivity contribution >= 4 is 36.9 Å². The van der Waals surface area contributed by atoms with Crippen LogP contribution < -0.4 is 15.3 Å². The summed E-state index contributed by atoms with van der Waals surface area (Å²) in [5, 5.41) is 17.4. The van der Waals surface area contributed by atoms with E-state index < -0.39 is 62.2 Å². The van der Waals surface area contributed by atoms with Crippen molar-refractivity contribution in [1.29, 1.82) is 5.26 Å². The summed E-state index contributed by atoms with van der Waals surface area (Å²) in [5.74, 6) is -2.18. The first-order valence-corrected chi connectivity index (χ1v) is 15.6. The molecule has 0 radical (unpaired) electrons. The molecule has 45 heavy (non-hydrogen) atoms. The molecule has 0 aliphatic carbocycles. The fourth-order valence-corrected chi connectivity index (χ4v) is 6.21. The molecule has 15 nitrogen and oxygen atoms in total. The number of anilines is 1. The van der Waals surface area contributed by atoms with Crippen molar-refractivity contribution in [3.8, 4) is 11.8 Å². The van der Waals surface area contributed by atoms with Gasteiger partial charge in [-0.15, -0.1) is 0 Å². The van der Waals surface area contributed by atoms with Crippen LogP contribution in [-0.4, -0.2) is 64.6 Å². The molecule has 1 saturated heterocycles. The van der Waals surface area contributed by atoms with Crippen LogP contribution >= 0.6 is 7.75 Å². The summed E-state index contributed by atoms with van der Waals surface area (Å²) in [4.78, 5) is 37.1. The van der Waals surface area contributed by atoms with Crippen LogP contribution in [0.25, 0.3) is 5.52 Å². The first kappa shape index (κ1) is 33.4. The second-order valence-electron chi connectivity index (χ2n) is 10.2. The van der Waals surface area contributed by atoms with Crippen molar-refractivity contribution < 1.29 is 46.9 Å². The summed E-state index contributed by atoms with van der Waals surface area (Å²) in [5.41, 5.74) is 5.09. The number of hydrogen-bond donors (Lipinski definition) is 2. The maximum Gasteiger partial charge on any atom is 0.459 e. The van der Waals surface area contributed by atoms with E-state index in [2.05, 4.69) is 10.2 Å². The fraction of sp³-hybridized carbons (Fsp3) is 0.414. The number of nitrogens with zero attached hydrogens (tertiary/aromatic N) is 3. The number of benzene rings is 1. The molecule has 4 rings (SSSR count). The topological polar surface area (TPSA) is 203 Å². The van der Waals surface area contributed by atoms with Crippen LogP contribution in [0.1, 0.15) is 45.9 Å². The number of hydrogen-bond acceptors (Lipinski definition) is 13. The molecule has 1 fully saturated rings. The lowest BCUT2D eigenvalue weighted by Crippen LogP contribution is -2.49.